The standard InChI is InChI=1S/C88H64N2/c1-5-21-61(22-6-1)71-53-72(62-23-7-2-8-24-62)56-75(55-71)67-41-49-79(50-42-67)89(87-59-69-29-13-15-31-81(69)83-33-17-19-35-85(83)87)77-45-37-65(38-46-77)66-39-47-78(48-40-66)90(88-60-70-30-14-16-32-82(70)84-34-18-20-36-86(84)88)80-51-43-68(44-52-80)76-57-73(63-25-9-3-10-26-63)54-74(58-76)64-27-11-4-12-28-64/h1-27,29-47,49-60,64,78H,28,48H2. The molecule has 426 valence electrons. The van der Waals surface area contributed by atoms with Gasteiger partial charge in [-0.15, -0.1) is 0 Å². The largest absolute Gasteiger partial charge is 0.334 e. The van der Waals surface area contributed by atoms with Crippen LogP contribution in [-0.4, -0.2) is 6.04 Å². The minimum atomic E-state index is 0.0491. The van der Waals surface area contributed by atoms with Crippen molar-refractivity contribution in [1.82, 2.24) is 0 Å². The topological polar surface area (TPSA) is 6.48 Å². The maximum atomic E-state index is 2.58. The molecule has 14 aromatic carbocycles. The molecule has 14 aromatic rings. The summed E-state index contributed by atoms with van der Waals surface area (Å²) in [6, 6.07) is 114. The van der Waals surface area contributed by atoms with E-state index in [1.54, 1.807) is 0 Å². The van der Waals surface area contributed by atoms with E-state index in [0.717, 1.165) is 41.2 Å². The van der Waals surface area contributed by atoms with Crippen molar-refractivity contribution >= 4 is 77.1 Å². The highest BCUT2D eigenvalue weighted by atomic mass is 15.2. The summed E-state index contributed by atoms with van der Waals surface area (Å²) in [5.41, 5.74) is 21.4. The Labute approximate surface area is 527 Å². The van der Waals surface area contributed by atoms with Gasteiger partial charge in [0.15, 0.2) is 0 Å². The van der Waals surface area contributed by atoms with Gasteiger partial charge in [-0.2, -0.15) is 0 Å². The summed E-state index contributed by atoms with van der Waals surface area (Å²) < 4.78 is 0. The van der Waals surface area contributed by atoms with Crippen molar-refractivity contribution < 1.29 is 0 Å². The van der Waals surface area contributed by atoms with E-state index in [1.807, 2.05) is 0 Å². The van der Waals surface area contributed by atoms with Gasteiger partial charge >= 0.3 is 0 Å². The monoisotopic (exact) mass is 1150 g/mol. The zero-order chi connectivity index (χ0) is 59.7. The molecule has 0 saturated carbocycles. The Kier molecular flexibility index (Phi) is 14.3. The molecule has 16 rings (SSSR count). The lowest BCUT2D eigenvalue weighted by molar-refractivity contribution is 0.790. The van der Waals surface area contributed by atoms with Gasteiger partial charge in [-0.05, 0) is 190 Å². The Morgan fingerprint density at radius 3 is 1.14 bits per heavy atom. The molecule has 90 heavy (non-hydrogen) atoms. The first-order valence-electron chi connectivity index (χ1n) is 31.5. The van der Waals surface area contributed by atoms with Crippen LogP contribution in [0.25, 0.3) is 104 Å². The fourth-order valence-electron chi connectivity index (χ4n) is 13.9. The number of fused-ring (bicyclic) bond motifs is 6. The Balaban J connectivity index is 0.752. The van der Waals surface area contributed by atoms with Gasteiger partial charge in [0.2, 0.25) is 0 Å². The van der Waals surface area contributed by atoms with Crippen molar-refractivity contribution in [1.29, 1.82) is 0 Å². The molecule has 0 amide bonds. The number of nitrogens with zero attached hydrogens (tertiary/aromatic N) is 2. The van der Waals surface area contributed by atoms with Gasteiger partial charge in [-0.25, -0.2) is 0 Å². The van der Waals surface area contributed by atoms with Crippen LogP contribution in [0.5, 0.6) is 0 Å². The molecule has 0 heterocycles. The molecule has 0 aliphatic heterocycles. The first-order valence-corrected chi connectivity index (χ1v) is 31.5. The van der Waals surface area contributed by atoms with Crippen LogP contribution < -0.4 is 9.80 Å². The molecule has 2 aliphatic carbocycles. The third kappa shape index (κ3) is 10.5. The van der Waals surface area contributed by atoms with Crippen LogP contribution in [0.4, 0.5) is 28.4 Å². The number of anilines is 5. The smallest absolute Gasteiger partial charge is 0.0560 e. The predicted molar refractivity (Wildman–Crippen MR) is 385 cm³/mol. The van der Waals surface area contributed by atoms with Crippen LogP contribution in [0.1, 0.15) is 29.9 Å². The van der Waals surface area contributed by atoms with Crippen molar-refractivity contribution in [2.75, 3.05) is 9.80 Å². The average Bonchev–Trinajstić information content (AvgIpc) is 0.928. The summed E-state index contributed by atoms with van der Waals surface area (Å²) in [6.07, 6.45) is 18.0. The SMILES string of the molecule is C1=CCC(c2cc(-c3ccccc3)cc(-c3ccc(N(c4cc5ccccc5c5ccccc45)C4C=CC(c5ccc(N(c6ccc(-c7cc(-c8ccccc8)cc(-c8ccccc8)c7)cc6)c6cc7ccccc7c7ccccc67)cc5)=CC4)cc3)c2)C=C1. The second kappa shape index (κ2) is 23.7. The Hall–Kier alpha value is -11.3. The van der Waals surface area contributed by atoms with Crippen molar-refractivity contribution in [3.8, 4) is 55.6 Å². The highest BCUT2D eigenvalue weighted by Crippen LogP contribution is 2.46. The lowest BCUT2D eigenvalue weighted by Gasteiger charge is -2.34. The van der Waals surface area contributed by atoms with Gasteiger partial charge in [0.1, 0.15) is 0 Å². The van der Waals surface area contributed by atoms with Gasteiger partial charge in [0, 0.05) is 33.8 Å². The van der Waals surface area contributed by atoms with E-state index in [2.05, 4.69) is 362 Å². The number of allylic oxidation sites excluding steroid dienone is 6. The molecule has 2 nitrogen and oxygen atoms in total. The van der Waals surface area contributed by atoms with E-state index in [1.165, 1.54) is 116 Å². The fraction of sp³-hybridized carbons (Fsp3) is 0.0455. The van der Waals surface area contributed by atoms with Gasteiger partial charge in [-0.1, -0.05) is 279 Å². The molecule has 0 N–H and O–H groups in total. The Morgan fingerprint density at radius 1 is 0.278 bits per heavy atom. The molecule has 2 heteroatoms. The van der Waals surface area contributed by atoms with Crippen molar-refractivity contribution in [2.24, 2.45) is 0 Å². The van der Waals surface area contributed by atoms with E-state index in [4.69, 9.17) is 0 Å². The number of benzene rings is 14. The molecule has 2 aliphatic rings. The van der Waals surface area contributed by atoms with E-state index in [-0.39, 0.29) is 6.04 Å². The first-order chi connectivity index (χ1) is 44.6. The number of hydrogen-bond acceptors (Lipinski definition) is 2. The molecule has 0 aromatic heterocycles. The molecule has 2 unspecified atom stereocenters. The van der Waals surface area contributed by atoms with E-state index < -0.39 is 0 Å². The third-order valence-electron chi connectivity index (χ3n) is 18.4. The zero-order valence-electron chi connectivity index (χ0n) is 49.9. The van der Waals surface area contributed by atoms with E-state index >= 15 is 0 Å². The molecule has 0 spiro atoms. The highest BCUT2D eigenvalue weighted by Gasteiger charge is 2.25. The number of hydrogen-bond donors (Lipinski definition) is 0. The summed E-state index contributed by atoms with van der Waals surface area (Å²) >= 11 is 0. The maximum absolute atomic E-state index is 2.58. The van der Waals surface area contributed by atoms with Crippen LogP contribution in [0.15, 0.2) is 352 Å². The van der Waals surface area contributed by atoms with E-state index in [9.17, 15) is 0 Å². The second-order valence-corrected chi connectivity index (χ2v) is 23.9. The Bertz CT molecular complexity index is 5040. The molecule has 0 fully saturated rings. The van der Waals surface area contributed by atoms with Crippen molar-refractivity contribution in [3.63, 3.8) is 0 Å². The van der Waals surface area contributed by atoms with Crippen LogP contribution in [-0.2, 0) is 0 Å². The zero-order valence-corrected chi connectivity index (χ0v) is 49.9. The minimum Gasteiger partial charge on any atom is -0.334 e. The molecule has 0 radical (unpaired) electrons. The second-order valence-electron chi connectivity index (χ2n) is 23.9. The maximum Gasteiger partial charge on any atom is 0.0560 e. The highest BCUT2D eigenvalue weighted by molar-refractivity contribution is 6.15. The summed E-state index contributed by atoms with van der Waals surface area (Å²) in [5.74, 6) is 0.336. The molecular weight excluding hydrogens is 1080 g/mol. The normalized spacial score (nSPS) is 14.5. The lowest BCUT2D eigenvalue weighted by Crippen LogP contribution is -2.30. The molecule has 0 bridgehead atoms. The lowest BCUT2D eigenvalue weighted by atomic mass is 9.87. The number of rotatable bonds is 13. The van der Waals surface area contributed by atoms with Gasteiger partial charge in [-0.3, -0.25) is 0 Å². The molecular formula is C88H64N2. The van der Waals surface area contributed by atoms with Gasteiger partial charge < -0.3 is 9.80 Å². The average molecular weight is 1150 g/mol. The van der Waals surface area contributed by atoms with Crippen LogP contribution >= 0.6 is 0 Å². The summed E-state index contributed by atoms with van der Waals surface area (Å²) in [5, 5.41) is 9.88. The van der Waals surface area contributed by atoms with Crippen molar-refractivity contribution in [2.45, 2.75) is 24.8 Å². The summed E-state index contributed by atoms with van der Waals surface area (Å²) in [4.78, 5) is 5.02. The van der Waals surface area contributed by atoms with Crippen LogP contribution in [0.3, 0.4) is 0 Å². The van der Waals surface area contributed by atoms with Crippen LogP contribution in [0, 0.1) is 0 Å². The minimum absolute atomic E-state index is 0.0491. The van der Waals surface area contributed by atoms with Gasteiger partial charge in [0.05, 0.1) is 17.4 Å². The van der Waals surface area contributed by atoms with Crippen molar-refractivity contribution in [3.05, 3.63) is 363 Å². The van der Waals surface area contributed by atoms with Gasteiger partial charge in [0.25, 0.3) is 0 Å². The predicted octanol–water partition coefficient (Wildman–Crippen LogP) is 24.3. The summed E-state index contributed by atoms with van der Waals surface area (Å²) in [7, 11) is 0. The quantitative estimate of drug-likeness (QED) is 0.106. The fourth-order valence-corrected chi connectivity index (χ4v) is 13.9. The third-order valence-corrected chi connectivity index (χ3v) is 18.4. The molecule has 2 atom stereocenters. The van der Waals surface area contributed by atoms with E-state index in [0.29, 0.717) is 5.92 Å². The Morgan fingerprint density at radius 2 is 0.678 bits per heavy atom. The molecule has 0 saturated heterocycles. The summed E-state index contributed by atoms with van der Waals surface area (Å²) in [6.45, 7) is 0. The first kappa shape index (κ1) is 54.1. The van der Waals surface area contributed by atoms with Crippen LogP contribution in [0.2, 0.25) is 0 Å².